The van der Waals surface area contributed by atoms with E-state index < -0.39 is 22.4 Å². The van der Waals surface area contributed by atoms with Gasteiger partial charge in [0.2, 0.25) is 5.16 Å². The average Bonchev–Trinajstić information content (AvgIpc) is 2.74. The molecule has 1 heterocycles. The van der Waals surface area contributed by atoms with Crippen LogP contribution in [0, 0.1) is 10.1 Å². The standard InChI is InChI=1S/C9H6F3N5O2S/c10-9(11,12)5-1-2-7(6(3-5)17(18)19)20-8-15-14-4-16(8)13/h1-4H,13H2. The molecule has 2 aromatic rings. The fourth-order valence-corrected chi connectivity index (χ4v) is 2.14. The van der Waals surface area contributed by atoms with Crippen LogP contribution in [0.15, 0.2) is 34.6 Å². The lowest BCUT2D eigenvalue weighted by atomic mass is 10.2. The summed E-state index contributed by atoms with van der Waals surface area (Å²) in [5, 5.41) is 18.0. The quantitative estimate of drug-likeness (QED) is 0.529. The number of nitrogens with zero attached hydrogens (tertiary/aromatic N) is 4. The predicted octanol–water partition coefficient (Wildman–Crippen LogP) is 2.07. The van der Waals surface area contributed by atoms with E-state index in [4.69, 9.17) is 5.84 Å². The Morgan fingerprint density at radius 2 is 2.10 bits per heavy atom. The van der Waals surface area contributed by atoms with Gasteiger partial charge in [-0.25, -0.2) is 4.68 Å². The highest BCUT2D eigenvalue weighted by Gasteiger charge is 2.33. The number of hydrogen-bond acceptors (Lipinski definition) is 6. The molecule has 106 valence electrons. The van der Waals surface area contributed by atoms with Gasteiger partial charge >= 0.3 is 6.18 Å². The summed E-state index contributed by atoms with van der Waals surface area (Å²) in [7, 11) is 0. The molecule has 0 atom stereocenters. The van der Waals surface area contributed by atoms with Crippen LogP contribution in [0.1, 0.15) is 5.56 Å². The minimum Gasteiger partial charge on any atom is -0.336 e. The lowest BCUT2D eigenvalue weighted by Gasteiger charge is -2.08. The van der Waals surface area contributed by atoms with Gasteiger partial charge in [0.1, 0.15) is 6.33 Å². The summed E-state index contributed by atoms with van der Waals surface area (Å²) in [5.41, 5.74) is -1.77. The summed E-state index contributed by atoms with van der Waals surface area (Å²) in [5.74, 6) is 5.43. The first-order valence-electron chi connectivity index (χ1n) is 4.97. The zero-order chi connectivity index (χ0) is 14.9. The van der Waals surface area contributed by atoms with Crippen molar-refractivity contribution in [2.24, 2.45) is 0 Å². The molecule has 0 aliphatic rings. The first-order valence-corrected chi connectivity index (χ1v) is 5.79. The summed E-state index contributed by atoms with van der Waals surface area (Å²) in [6, 6.07) is 2.23. The molecule has 0 aliphatic carbocycles. The Labute approximate surface area is 113 Å². The van der Waals surface area contributed by atoms with Gasteiger partial charge < -0.3 is 5.84 Å². The van der Waals surface area contributed by atoms with Gasteiger partial charge in [-0.2, -0.15) is 13.2 Å². The molecule has 0 bridgehead atoms. The SMILES string of the molecule is Nn1cnnc1Sc1ccc(C(F)(F)F)cc1[N+](=O)[O-]. The lowest BCUT2D eigenvalue weighted by molar-refractivity contribution is -0.388. The second-order valence-electron chi connectivity index (χ2n) is 3.56. The third kappa shape index (κ3) is 2.82. The normalized spacial score (nSPS) is 11.6. The summed E-state index contributed by atoms with van der Waals surface area (Å²) in [4.78, 5) is 9.96. The van der Waals surface area contributed by atoms with Gasteiger partial charge in [0.15, 0.2) is 0 Å². The number of rotatable bonds is 3. The Hall–Kier alpha value is -2.30. The molecule has 0 saturated carbocycles. The van der Waals surface area contributed by atoms with Gasteiger partial charge in [-0.15, -0.1) is 10.2 Å². The van der Waals surface area contributed by atoms with Crippen LogP contribution in [-0.4, -0.2) is 19.8 Å². The molecule has 2 N–H and O–H groups in total. The molecular weight excluding hydrogens is 299 g/mol. The maximum atomic E-state index is 12.5. The fraction of sp³-hybridized carbons (Fsp3) is 0.111. The number of nitro groups is 1. The Balaban J connectivity index is 2.43. The van der Waals surface area contributed by atoms with Crippen molar-refractivity contribution in [1.29, 1.82) is 0 Å². The second-order valence-corrected chi connectivity index (χ2v) is 4.57. The number of hydrogen-bond donors (Lipinski definition) is 1. The van der Waals surface area contributed by atoms with Crippen molar-refractivity contribution in [2.45, 2.75) is 16.2 Å². The summed E-state index contributed by atoms with van der Waals surface area (Å²) >= 11 is 0.751. The molecule has 0 radical (unpaired) electrons. The fourth-order valence-electron chi connectivity index (χ4n) is 1.33. The van der Waals surface area contributed by atoms with E-state index in [0.717, 1.165) is 34.9 Å². The van der Waals surface area contributed by atoms with E-state index in [9.17, 15) is 23.3 Å². The van der Waals surface area contributed by atoms with Crippen LogP contribution in [0.25, 0.3) is 0 Å². The molecule has 0 amide bonds. The Kier molecular flexibility index (Phi) is 3.53. The maximum absolute atomic E-state index is 12.5. The van der Waals surface area contributed by atoms with Crippen LogP contribution in [0.5, 0.6) is 0 Å². The molecule has 0 unspecified atom stereocenters. The third-order valence-corrected chi connectivity index (χ3v) is 3.26. The third-order valence-electron chi connectivity index (χ3n) is 2.22. The van der Waals surface area contributed by atoms with Crippen molar-refractivity contribution < 1.29 is 18.1 Å². The topological polar surface area (TPSA) is 99.9 Å². The minimum absolute atomic E-state index is 0.0114. The maximum Gasteiger partial charge on any atom is 0.416 e. The van der Waals surface area contributed by atoms with E-state index in [1.165, 1.54) is 0 Å². The lowest BCUT2D eigenvalue weighted by Crippen LogP contribution is -2.08. The van der Waals surface area contributed by atoms with Crippen molar-refractivity contribution >= 4 is 17.4 Å². The predicted molar refractivity (Wildman–Crippen MR) is 62.4 cm³/mol. The summed E-state index contributed by atoms with van der Waals surface area (Å²) < 4.78 is 38.6. The highest BCUT2D eigenvalue weighted by Crippen LogP contribution is 2.38. The minimum atomic E-state index is -4.65. The van der Waals surface area contributed by atoms with Crippen molar-refractivity contribution in [1.82, 2.24) is 14.9 Å². The molecule has 0 fully saturated rings. The zero-order valence-electron chi connectivity index (χ0n) is 9.53. The number of benzene rings is 1. The Morgan fingerprint density at radius 1 is 1.40 bits per heavy atom. The molecule has 11 heteroatoms. The molecule has 7 nitrogen and oxygen atoms in total. The van der Waals surface area contributed by atoms with Gasteiger partial charge in [-0.05, 0) is 23.9 Å². The highest BCUT2D eigenvalue weighted by molar-refractivity contribution is 7.99. The van der Waals surface area contributed by atoms with Crippen molar-refractivity contribution in [2.75, 3.05) is 5.84 Å². The van der Waals surface area contributed by atoms with Crippen LogP contribution in [-0.2, 0) is 6.18 Å². The molecule has 0 spiro atoms. The van der Waals surface area contributed by atoms with E-state index in [0.29, 0.717) is 6.07 Å². The van der Waals surface area contributed by atoms with Crippen LogP contribution in [0.3, 0.4) is 0 Å². The molecular formula is C9H6F3N5O2S. The molecule has 2 rings (SSSR count). The molecule has 0 aliphatic heterocycles. The molecule has 1 aromatic carbocycles. The Morgan fingerprint density at radius 3 is 2.60 bits per heavy atom. The highest BCUT2D eigenvalue weighted by atomic mass is 32.2. The van der Waals surface area contributed by atoms with Crippen molar-refractivity contribution in [3.8, 4) is 0 Å². The monoisotopic (exact) mass is 305 g/mol. The number of nitro benzene ring substituents is 1. The smallest absolute Gasteiger partial charge is 0.336 e. The van der Waals surface area contributed by atoms with E-state index >= 15 is 0 Å². The van der Waals surface area contributed by atoms with E-state index in [2.05, 4.69) is 10.2 Å². The van der Waals surface area contributed by atoms with Gasteiger partial charge in [-0.3, -0.25) is 10.1 Å². The van der Waals surface area contributed by atoms with E-state index in [1.807, 2.05) is 0 Å². The van der Waals surface area contributed by atoms with Crippen LogP contribution < -0.4 is 5.84 Å². The molecule has 1 aromatic heterocycles. The average molecular weight is 305 g/mol. The second kappa shape index (κ2) is 5.00. The summed E-state index contributed by atoms with van der Waals surface area (Å²) in [6.07, 6.45) is -3.49. The number of nitrogens with two attached hydrogens (primary N) is 1. The number of nitrogen functional groups attached to an aromatic ring is 1. The van der Waals surface area contributed by atoms with Gasteiger partial charge in [0.05, 0.1) is 15.4 Å². The first kappa shape index (κ1) is 14.1. The number of alkyl halides is 3. The number of aromatic nitrogens is 3. The first-order chi connectivity index (χ1) is 9.29. The van der Waals surface area contributed by atoms with Gasteiger partial charge in [-0.1, -0.05) is 0 Å². The van der Waals surface area contributed by atoms with Crippen molar-refractivity contribution in [3.63, 3.8) is 0 Å². The molecule has 0 saturated heterocycles. The van der Waals surface area contributed by atoms with Gasteiger partial charge in [0.25, 0.3) is 5.69 Å². The van der Waals surface area contributed by atoms with Crippen molar-refractivity contribution in [3.05, 3.63) is 40.2 Å². The van der Waals surface area contributed by atoms with E-state index in [1.54, 1.807) is 0 Å². The zero-order valence-corrected chi connectivity index (χ0v) is 10.4. The number of halogens is 3. The van der Waals surface area contributed by atoms with Crippen LogP contribution >= 0.6 is 11.8 Å². The van der Waals surface area contributed by atoms with Crippen LogP contribution in [0.2, 0.25) is 0 Å². The Bertz CT molecular complexity index is 657. The van der Waals surface area contributed by atoms with Gasteiger partial charge in [0, 0.05) is 6.07 Å². The van der Waals surface area contributed by atoms with Crippen LogP contribution in [0.4, 0.5) is 18.9 Å². The largest absolute Gasteiger partial charge is 0.416 e. The van der Waals surface area contributed by atoms with E-state index in [-0.39, 0.29) is 10.1 Å². The molecule has 20 heavy (non-hydrogen) atoms. The summed E-state index contributed by atoms with van der Waals surface area (Å²) in [6.45, 7) is 0.